The summed E-state index contributed by atoms with van der Waals surface area (Å²) in [5.74, 6) is 0. The summed E-state index contributed by atoms with van der Waals surface area (Å²) in [6, 6.07) is 10.9. The van der Waals surface area contributed by atoms with Crippen molar-refractivity contribution in [3.63, 3.8) is 0 Å². The molecule has 0 N–H and O–H groups in total. The maximum atomic E-state index is 11.2. The molecule has 0 atom stereocenters. The second kappa shape index (κ2) is 5.27. The summed E-state index contributed by atoms with van der Waals surface area (Å²) in [5, 5.41) is 5.08. The Morgan fingerprint density at radius 3 is 2.65 bits per heavy atom. The maximum absolute atomic E-state index is 11.2. The quantitative estimate of drug-likeness (QED) is 0.692. The van der Waals surface area contributed by atoms with Crippen LogP contribution in [0.1, 0.15) is 10.4 Å². The lowest BCUT2D eigenvalue weighted by molar-refractivity contribution is 0.112. The fraction of sp³-hybridized carbons (Fsp3) is 0. The second-order valence-electron chi connectivity index (χ2n) is 4.21. The standard InChI is InChI=1S/C15H10ClN3O/c16-13-2-1-3-14(8-13)19-9-12(10-20)15(18-19)11-4-6-17-7-5-11/h1-10H. The molecule has 0 fully saturated rings. The molecule has 0 spiro atoms. The number of hydrogen-bond acceptors (Lipinski definition) is 3. The van der Waals surface area contributed by atoms with Crippen molar-refractivity contribution >= 4 is 17.9 Å². The molecule has 5 heteroatoms. The van der Waals surface area contributed by atoms with Crippen LogP contribution >= 0.6 is 11.6 Å². The van der Waals surface area contributed by atoms with Gasteiger partial charge in [0.05, 0.1) is 11.3 Å². The summed E-state index contributed by atoms with van der Waals surface area (Å²) in [6.07, 6.45) is 5.82. The minimum absolute atomic E-state index is 0.524. The largest absolute Gasteiger partial charge is 0.298 e. The lowest BCUT2D eigenvalue weighted by Crippen LogP contribution is -1.94. The van der Waals surface area contributed by atoms with Gasteiger partial charge in [-0.3, -0.25) is 9.78 Å². The van der Waals surface area contributed by atoms with Crippen molar-refractivity contribution in [2.24, 2.45) is 0 Å². The molecule has 0 aliphatic rings. The van der Waals surface area contributed by atoms with Crippen molar-refractivity contribution in [3.05, 3.63) is 65.6 Å². The molecule has 1 aromatic carbocycles. The number of pyridine rings is 1. The third-order valence-electron chi connectivity index (χ3n) is 2.90. The van der Waals surface area contributed by atoms with Crippen LogP contribution in [0, 0.1) is 0 Å². The number of carbonyl (C=O) groups is 1. The van der Waals surface area contributed by atoms with E-state index in [1.54, 1.807) is 35.4 Å². The summed E-state index contributed by atoms with van der Waals surface area (Å²) in [5.41, 5.74) is 2.81. The minimum atomic E-state index is 0.524. The van der Waals surface area contributed by atoms with E-state index in [1.807, 2.05) is 24.3 Å². The van der Waals surface area contributed by atoms with Gasteiger partial charge in [0.25, 0.3) is 0 Å². The van der Waals surface area contributed by atoms with Gasteiger partial charge in [-0.05, 0) is 30.3 Å². The van der Waals surface area contributed by atoms with Gasteiger partial charge in [0.1, 0.15) is 5.69 Å². The van der Waals surface area contributed by atoms with E-state index in [4.69, 9.17) is 11.6 Å². The van der Waals surface area contributed by atoms with E-state index in [-0.39, 0.29) is 0 Å². The first-order chi connectivity index (χ1) is 9.78. The van der Waals surface area contributed by atoms with Crippen LogP contribution in [0.5, 0.6) is 0 Å². The Morgan fingerprint density at radius 2 is 1.95 bits per heavy atom. The van der Waals surface area contributed by atoms with Crippen molar-refractivity contribution < 1.29 is 4.79 Å². The second-order valence-corrected chi connectivity index (χ2v) is 4.65. The van der Waals surface area contributed by atoms with E-state index in [9.17, 15) is 4.79 Å². The topological polar surface area (TPSA) is 47.8 Å². The SMILES string of the molecule is O=Cc1cn(-c2cccc(Cl)c2)nc1-c1ccncc1. The molecule has 20 heavy (non-hydrogen) atoms. The van der Waals surface area contributed by atoms with E-state index in [0.29, 0.717) is 16.3 Å². The van der Waals surface area contributed by atoms with Gasteiger partial charge < -0.3 is 0 Å². The average molecular weight is 284 g/mol. The van der Waals surface area contributed by atoms with Gasteiger partial charge in [0.15, 0.2) is 6.29 Å². The van der Waals surface area contributed by atoms with Crippen molar-refractivity contribution in [3.8, 4) is 16.9 Å². The zero-order valence-electron chi connectivity index (χ0n) is 10.4. The first kappa shape index (κ1) is 12.6. The predicted octanol–water partition coefficient (Wildman–Crippen LogP) is 3.40. The van der Waals surface area contributed by atoms with Gasteiger partial charge >= 0.3 is 0 Å². The normalized spacial score (nSPS) is 10.4. The zero-order chi connectivity index (χ0) is 13.9. The first-order valence-electron chi connectivity index (χ1n) is 5.99. The molecule has 0 bridgehead atoms. The minimum Gasteiger partial charge on any atom is -0.298 e. The van der Waals surface area contributed by atoms with Crippen LogP contribution in [0.2, 0.25) is 5.02 Å². The molecule has 0 amide bonds. The number of hydrogen-bond donors (Lipinski definition) is 0. The highest BCUT2D eigenvalue weighted by atomic mass is 35.5. The molecule has 0 radical (unpaired) electrons. The molecular formula is C15H10ClN3O. The van der Waals surface area contributed by atoms with Crippen LogP contribution in [-0.2, 0) is 0 Å². The smallest absolute Gasteiger partial charge is 0.153 e. The molecule has 0 unspecified atom stereocenters. The van der Waals surface area contributed by atoms with Crippen molar-refractivity contribution in [2.75, 3.05) is 0 Å². The van der Waals surface area contributed by atoms with Crippen LogP contribution in [0.3, 0.4) is 0 Å². The fourth-order valence-electron chi connectivity index (χ4n) is 1.96. The highest BCUT2D eigenvalue weighted by molar-refractivity contribution is 6.30. The van der Waals surface area contributed by atoms with Gasteiger partial charge in [-0.2, -0.15) is 5.10 Å². The van der Waals surface area contributed by atoms with Gasteiger partial charge in [-0.25, -0.2) is 4.68 Å². The summed E-state index contributed by atoms with van der Waals surface area (Å²) in [4.78, 5) is 15.2. The summed E-state index contributed by atoms with van der Waals surface area (Å²) < 4.78 is 1.64. The molecule has 0 aliphatic heterocycles. The Kier molecular flexibility index (Phi) is 3.31. The predicted molar refractivity (Wildman–Crippen MR) is 77.2 cm³/mol. The molecule has 2 heterocycles. The Bertz CT molecular complexity index is 753. The van der Waals surface area contributed by atoms with Crippen LogP contribution in [-0.4, -0.2) is 21.1 Å². The number of carbonyl (C=O) groups excluding carboxylic acids is 1. The maximum Gasteiger partial charge on any atom is 0.153 e. The molecule has 98 valence electrons. The summed E-state index contributed by atoms with van der Waals surface area (Å²) in [6.45, 7) is 0. The van der Waals surface area contributed by atoms with Gasteiger partial charge in [0.2, 0.25) is 0 Å². The lowest BCUT2D eigenvalue weighted by Gasteiger charge is -2.01. The molecule has 3 aromatic rings. The van der Waals surface area contributed by atoms with E-state index >= 15 is 0 Å². The van der Waals surface area contributed by atoms with Crippen LogP contribution in [0.25, 0.3) is 16.9 Å². The average Bonchev–Trinajstić information content (AvgIpc) is 2.92. The molecule has 4 nitrogen and oxygen atoms in total. The van der Waals surface area contributed by atoms with E-state index < -0.39 is 0 Å². The third kappa shape index (κ3) is 2.33. The Labute approximate surface area is 120 Å². The Morgan fingerprint density at radius 1 is 1.15 bits per heavy atom. The van der Waals surface area contributed by atoms with Crippen molar-refractivity contribution in [1.29, 1.82) is 0 Å². The van der Waals surface area contributed by atoms with Crippen molar-refractivity contribution in [1.82, 2.24) is 14.8 Å². The van der Waals surface area contributed by atoms with E-state index in [1.165, 1.54) is 0 Å². The highest BCUT2D eigenvalue weighted by Gasteiger charge is 2.11. The summed E-state index contributed by atoms with van der Waals surface area (Å²) >= 11 is 5.97. The Hall–Kier alpha value is -2.46. The lowest BCUT2D eigenvalue weighted by atomic mass is 10.1. The van der Waals surface area contributed by atoms with E-state index in [0.717, 1.165) is 17.5 Å². The molecule has 2 aromatic heterocycles. The molecular weight excluding hydrogens is 274 g/mol. The van der Waals surface area contributed by atoms with Crippen LogP contribution < -0.4 is 0 Å². The molecule has 0 aliphatic carbocycles. The number of benzene rings is 1. The number of aromatic nitrogens is 3. The van der Waals surface area contributed by atoms with Crippen LogP contribution in [0.15, 0.2) is 55.0 Å². The number of nitrogens with zero attached hydrogens (tertiary/aromatic N) is 3. The van der Waals surface area contributed by atoms with Gasteiger partial charge in [0, 0.05) is 29.2 Å². The van der Waals surface area contributed by atoms with E-state index in [2.05, 4.69) is 10.1 Å². The van der Waals surface area contributed by atoms with Gasteiger partial charge in [-0.1, -0.05) is 17.7 Å². The number of aldehydes is 1. The third-order valence-corrected chi connectivity index (χ3v) is 3.13. The zero-order valence-corrected chi connectivity index (χ0v) is 11.2. The molecule has 3 rings (SSSR count). The fourth-order valence-corrected chi connectivity index (χ4v) is 2.14. The van der Waals surface area contributed by atoms with Crippen molar-refractivity contribution in [2.45, 2.75) is 0 Å². The van der Waals surface area contributed by atoms with Gasteiger partial charge in [-0.15, -0.1) is 0 Å². The molecule has 0 saturated carbocycles. The molecule has 0 saturated heterocycles. The Balaban J connectivity index is 2.12. The van der Waals surface area contributed by atoms with Crippen LogP contribution in [0.4, 0.5) is 0 Å². The summed E-state index contributed by atoms with van der Waals surface area (Å²) in [7, 11) is 0. The number of halogens is 1. The number of rotatable bonds is 3. The highest BCUT2D eigenvalue weighted by Crippen LogP contribution is 2.22. The first-order valence-corrected chi connectivity index (χ1v) is 6.37. The monoisotopic (exact) mass is 283 g/mol.